The number of phenolic OH excluding ortho intramolecular Hbond substituents is 1. The Balaban J connectivity index is 1.62. The Bertz CT molecular complexity index is 950. The maximum atomic E-state index is 12.2. The number of carbonyl (C=O) groups is 2. The van der Waals surface area contributed by atoms with E-state index in [1.54, 1.807) is 31.4 Å². The molecule has 3 aromatic carbocycles. The molecule has 0 radical (unpaired) electrons. The van der Waals surface area contributed by atoms with Crippen LogP contribution in [0.3, 0.4) is 0 Å². The molecule has 0 saturated carbocycles. The van der Waals surface area contributed by atoms with Gasteiger partial charge in [0.15, 0.2) is 6.61 Å². The van der Waals surface area contributed by atoms with E-state index < -0.39 is 18.5 Å². The predicted octanol–water partition coefficient (Wildman–Crippen LogP) is 3.35. The van der Waals surface area contributed by atoms with Crippen molar-refractivity contribution in [3.63, 3.8) is 0 Å². The van der Waals surface area contributed by atoms with Crippen LogP contribution >= 0.6 is 0 Å². The third kappa shape index (κ3) is 3.92. The second-order valence-electron chi connectivity index (χ2n) is 5.57. The maximum Gasteiger partial charge on any atom is 0.342 e. The molecule has 3 rings (SSSR count). The van der Waals surface area contributed by atoms with Gasteiger partial charge in [-0.2, -0.15) is 0 Å². The maximum absolute atomic E-state index is 12.2. The Morgan fingerprint density at radius 2 is 1.65 bits per heavy atom. The number of amides is 1. The van der Waals surface area contributed by atoms with Crippen molar-refractivity contribution in [2.75, 3.05) is 19.0 Å². The summed E-state index contributed by atoms with van der Waals surface area (Å²) < 4.78 is 10.0. The highest BCUT2D eigenvalue weighted by atomic mass is 16.5. The zero-order chi connectivity index (χ0) is 18.5. The van der Waals surface area contributed by atoms with Crippen LogP contribution in [0.15, 0.2) is 60.7 Å². The van der Waals surface area contributed by atoms with Gasteiger partial charge in [-0.1, -0.05) is 24.3 Å². The van der Waals surface area contributed by atoms with Crippen molar-refractivity contribution < 1.29 is 24.2 Å². The second-order valence-corrected chi connectivity index (χ2v) is 5.57. The van der Waals surface area contributed by atoms with Crippen LogP contribution in [0.1, 0.15) is 10.4 Å². The van der Waals surface area contributed by atoms with Crippen LogP contribution in [-0.2, 0) is 9.53 Å². The molecule has 0 saturated heterocycles. The summed E-state index contributed by atoms with van der Waals surface area (Å²) in [5.41, 5.74) is 0.571. The highest BCUT2D eigenvalue weighted by Crippen LogP contribution is 2.25. The Kier molecular flexibility index (Phi) is 5.03. The summed E-state index contributed by atoms with van der Waals surface area (Å²) >= 11 is 0. The van der Waals surface area contributed by atoms with Crippen LogP contribution < -0.4 is 10.1 Å². The molecule has 0 spiro atoms. The SMILES string of the molecule is COc1ccc(NC(=O)COC(=O)c2cc3ccccc3cc2O)cc1. The number of aromatic hydroxyl groups is 1. The lowest BCUT2D eigenvalue weighted by molar-refractivity contribution is -0.119. The highest BCUT2D eigenvalue weighted by molar-refractivity contribution is 6.00. The molecular weight excluding hydrogens is 334 g/mol. The number of ether oxygens (including phenoxy) is 2. The summed E-state index contributed by atoms with van der Waals surface area (Å²) in [6, 6.07) is 17.1. The monoisotopic (exact) mass is 351 g/mol. The third-order valence-electron chi connectivity index (χ3n) is 3.79. The number of methoxy groups -OCH3 is 1. The summed E-state index contributed by atoms with van der Waals surface area (Å²) in [7, 11) is 1.55. The van der Waals surface area contributed by atoms with Gasteiger partial charge in [-0.05, 0) is 47.2 Å². The zero-order valence-electron chi connectivity index (χ0n) is 14.1. The fraction of sp³-hybridized carbons (Fsp3) is 0.100. The van der Waals surface area contributed by atoms with Crippen molar-refractivity contribution in [3.8, 4) is 11.5 Å². The van der Waals surface area contributed by atoms with E-state index in [4.69, 9.17) is 9.47 Å². The molecule has 6 nitrogen and oxygen atoms in total. The molecule has 6 heteroatoms. The van der Waals surface area contributed by atoms with Crippen LogP contribution in [0.25, 0.3) is 10.8 Å². The molecule has 0 aliphatic heterocycles. The van der Waals surface area contributed by atoms with E-state index in [0.717, 1.165) is 10.8 Å². The van der Waals surface area contributed by atoms with E-state index in [1.165, 1.54) is 12.1 Å². The van der Waals surface area contributed by atoms with Crippen molar-refractivity contribution in [1.29, 1.82) is 0 Å². The first-order valence-corrected chi connectivity index (χ1v) is 7.89. The Morgan fingerprint density at radius 1 is 1.00 bits per heavy atom. The number of carbonyl (C=O) groups excluding carboxylic acids is 2. The molecule has 26 heavy (non-hydrogen) atoms. The van der Waals surface area contributed by atoms with Crippen molar-refractivity contribution in [1.82, 2.24) is 0 Å². The lowest BCUT2D eigenvalue weighted by Gasteiger charge is -2.09. The number of nitrogens with one attached hydrogen (secondary N) is 1. The summed E-state index contributed by atoms with van der Waals surface area (Å²) in [5.74, 6) is -0.771. The van der Waals surface area contributed by atoms with E-state index in [9.17, 15) is 14.7 Å². The van der Waals surface area contributed by atoms with Crippen molar-refractivity contribution in [2.24, 2.45) is 0 Å². The predicted molar refractivity (Wildman–Crippen MR) is 97.5 cm³/mol. The highest BCUT2D eigenvalue weighted by Gasteiger charge is 2.15. The first kappa shape index (κ1) is 17.3. The number of rotatable bonds is 5. The number of phenols is 1. The molecule has 0 bridgehead atoms. The molecule has 0 fully saturated rings. The Hall–Kier alpha value is -3.54. The largest absolute Gasteiger partial charge is 0.507 e. The fourth-order valence-corrected chi connectivity index (χ4v) is 2.47. The van der Waals surface area contributed by atoms with Gasteiger partial charge in [0.2, 0.25) is 0 Å². The molecule has 0 atom stereocenters. The zero-order valence-corrected chi connectivity index (χ0v) is 14.1. The standard InChI is InChI=1S/C20H17NO5/c1-25-16-8-6-15(7-9-16)21-19(23)12-26-20(24)17-10-13-4-2-3-5-14(13)11-18(17)22/h2-11,22H,12H2,1H3,(H,21,23). The lowest BCUT2D eigenvalue weighted by atomic mass is 10.1. The number of esters is 1. The number of fused-ring (bicyclic) bond motifs is 1. The molecule has 0 aromatic heterocycles. The van der Waals surface area contributed by atoms with Crippen LogP contribution in [0.2, 0.25) is 0 Å². The van der Waals surface area contributed by atoms with Gasteiger partial charge in [0, 0.05) is 5.69 Å². The van der Waals surface area contributed by atoms with Crippen LogP contribution in [0, 0.1) is 0 Å². The smallest absolute Gasteiger partial charge is 0.342 e. The molecule has 132 valence electrons. The summed E-state index contributed by atoms with van der Waals surface area (Å²) in [5, 5.41) is 14.2. The Morgan fingerprint density at radius 3 is 2.31 bits per heavy atom. The van der Waals surface area contributed by atoms with Gasteiger partial charge in [0.25, 0.3) is 5.91 Å². The van der Waals surface area contributed by atoms with Gasteiger partial charge in [-0.25, -0.2) is 4.79 Å². The van der Waals surface area contributed by atoms with Gasteiger partial charge < -0.3 is 19.9 Å². The van der Waals surface area contributed by atoms with Crippen molar-refractivity contribution in [3.05, 3.63) is 66.2 Å². The molecular formula is C20H17NO5. The topological polar surface area (TPSA) is 84.9 Å². The van der Waals surface area contributed by atoms with Gasteiger partial charge in [0.05, 0.1) is 7.11 Å². The average Bonchev–Trinajstić information content (AvgIpc) is 2.66. The van der Waals surface area contributed by atoms with Gasteiger partial charge >= 0.3 is 5.97 Å². The minimum atomic E-state index is -0.766. The van der Waals surface area contributed by atoms with Crippen molar-refractivity contribution >= 4 is 28.3 Å². The van der Waals surface area contributed by atoms with E-state index >= 15 is 0 Å². The minimum Gasteiger partial charge on any atom is -0.507 e. The number of anilines is 1. The summed E-state index contributed by atoms with van der Waals surface area (Å²) in [6.45, 7) is -0.461. The molecule has 2 N–H and O–H groups in total. The molecule has 0 heterocycles. The van der Waals surface area contributed by atoms with E-state index in [0.29, 0.717) is 11.4 Å². The fourth-order valence-electron chi connectivity index (χ4n) is 2.47. The molecule has 0 aliphatic carbocycles. The van der Waals surface area contributed by atoms with Crippen LogP contribution in [0.4, 0.5) is 5.69 Å². The summed E-state index contributed by atoms with van der Waals surface area (Å²) in [6.07, 6.45) is 0. The number of hydrogen-bond acceptors (Lipinski definition) is 5. The van der Waals surface area contributed by atoms with Crippen LogP contribution in [0.5, 0.6) is 11.5 Å². The van der Waals surface area contributed by atoms with E-state index in [-0.39, 0.29) is 11.3 Å². The summed E-state index contributed by atoms with van der Waals surface area (Å²) in [4.78, 5) is 24.1. The molecule has 1 amide bonds. The number of benzene rings is 3. The number of hydrogen-bond donors (Lipinski definition) is 2. The first-order valence-electron chi connectivity index (χ1n) is 7.89. The molecule has 0 aliphatic rings. The minimum absolute atomic E-state index is 0.0148. The van der Waals surface area contributed by atoms with Gasteiger partial charge in [0.1, 0.15) is 17.1 Å². The van der Waals surface area contributed by atoms with E-state index in [2.05, 4.69) is 5.32 Å². The van der Waals surface area contributed by atoms with Crippen molar-refractivity contribution in [2.45, 2.75) is 0 Å². The third-order valence-corrected chi connectivity index (χ3v) is 3.79. The Labute approximate surface area is 150 Å². The molecule has 0 unspecified atom stereocenters. The average molecular weight is 351 g/mol. The lowest BCUT2D eigenvalue weighted by Crippen LogP contribution is -2.21. The molecule has 3 aromatic rings. The normalized spacial score (nSPS) is 10.3. The van der Waals surface area contributed by atoms with Gasteiger partial charge in [-0.3, -0.25) is 4.79 Å². The quantitative estimate of drug-likeness (QED) is 0.689. The van der Waals surface area contributed by atoms with Gasteiger partial charge in [-0.15, -0.1) is 0 Å². The van der Waals surface area contributed by atoms with E-state index in [1.807, 2.05) is 24.3 Å². The first-order chi connectivity index (χ1) is 12.6. The van der Waals surface area contributed by atoms with Crippen LogP contribution in [-0.4, -0.2) is 30.7 Å². The second kappa shape index (κ2) is 7.57.